The van der Waals surface area contributed by atoms with Gasteiger partial charge in [0.2, 0.25) is 5.91 Å². The Morgan fingerprint density at radius 3 is 2.95 bits per heavy atom. The van der Waals surface area contributed by atoms with Crippen LogP contribution in [0.2, 0.25) is 0 Å². The Bertz CT molecular complexity index is 468. The topological polar surface area (TPSA) is 76.2 Å². The lowest BCUT2D eigenvalue weighted by Crippen LogP contribution is -2.36. The molecular weight excluding hydrogens is 242 g/mol. The Kier molecular flexibility index (Phi) is 3.97. The zero-order chi connectivity index (χ0) is 14.0. The van der Waals surface area contributed by atoms with Gasteiger partial charge in [0.1, 0.15) is 5.82 Å². The van der Waals surface area contributed by atoms with Crippen LogP contribution in [0.1, 0.15) is 32.4 Å². The summed E-state index contributed by atoms with van der Waals surface area (Å²) >= 11 is 0. The monoisotopic (exact) mass is 265 g/mol. The Morgan fingerprint density at radius 1 is 1.58 bits per heavy atom. The Balaban J connectivity index is 2.13. The summed E-state index contributed by atoms with van der Waals surface area (Å²) in [7, 11) is 1.93. The molecule has 1 amide bonds. The molecule has 106 valence electrons. The van der Waals surface area contributed by atoms with Gasteiger partial charge in [0.25, 0.3) is 0 Å². The second kappa shape index (κ2) is 5.50. The summed E-state index contributed by atoms with van der Waals surface area (Å²) in [5.41, 5.74) is 7.96. The Morgan fingerprint density at radius 2 is 2.32 bits per heavy atom. The predicted molar refractivity (Wildman–Crippen MR) is 76.1 cm³/mol. The summed E-state index contributed by atoms with van der Waals surface area (Å²) in [6.07, 6.45) is 2.89. The van der Waals surface area contributed by atoms with E-state index in [9.17, 15) is 4.79 Å². The maximum absolute atomic E-state index is 11.1. The van der Waals surface area contributed by atoms with Crippen LogP contribution in [0.25, 0.3) is 0 Å². The molecule has 0 bridgehead atoms. The number of aromatic nitrogens is 2. The highest BCUT2D eigenvalue weighted by Gasteiger charge is 2.27. The van der Waals surface area contributed by atoms with Gasteiger partial charge in [-0.2, -0.15) is 5.10 Å². The van der Waals surface area contributed by atoms with Gasteiger partial charge in [-0.05, 0) is 12.8 Å². The first kappa shape index (κ1) is 13.7. The molecule has 1 unspecified atom stereocenters. The molecule has 1 aromatic heterocycles. The van der Waals surface area contributed by atoms with E-state index in [0.29, 0.717) is 0 Å². The number of carbonyl (C=O) groups excluding carboxylic acids is 1. The fourth-order valence-corrected chi connectivity index (χ4v) is 2.74. The SMILES string of the molecule is CCCc1nn(C)c(N2CCC(NC(C)=O)C2)c1N. The Labute approximate surface area is 113 Å². The number of nitrogen functional groups attached to an aromatic ring is 1. The quantitative estimate of drug-likeness (QED) is 0.839. The number of anilines is 2. The van der Waals surface area contributed by atoms with Crippen LogP contribution in [-0.4, -0.2) is 34.8 Å². The van der Waals surface area contributed by atoms with Crippen LogP contribution in [0.15, 0.2) is 0 Å². The molecule has 0 saturated carbocycles. The molecule has 1 aliphatic heterocycles. The van der Waals surface area contributed by atoms with Gasteiger partial charge in [0, 0.05) is 33.1 Å². The molecule has 2 heterocycles. The molecule has 0 aliphatic carbocycles. The third-order valence-electron chi connectivity index (χ3n) is 3.51. The molecule has 1 saturated heterocycles. The lowest BCUT2D eigenvalue weighted by atomic mass is 10.2. The average molecular weight is 265 g/mol. The van der Waals surface area contributed by atoms with E-state index < -0.39 is 0 Å². The van der Waals surface area contributed by atoms with Gasteiger partial charge in [-0.3, -0.25) is 9.48 Å². The number of hydrogen-bond acceptors (Lipinski definition) is 4. The fraction of sp³-hybridized carbons (Fsp3) is 0.692. The van der Waals surface area contributed by atoms with Gasteiger partial charge in [-0.25, -0.2) is 0 Å². The number of rotatable bonds is 4. The van der Waals surface area contributed by atoms with E-state index in [0.717, 1.165) is 49.6 Å². The molecule has 1 atom stereocenters. The molecule has 0 spiro atoms. The zero-order valence-corrected chi connectivity index (χ0v) is 11.9. The Hall–Kier alpha value is -1.72. The first-order valence-electron chi connectivity index (χ1n) is 6.86. The van der Waals surface area contributed by atoms with Crippen molar-refractivity contribution < 1.29 is 4.79 Å². The molecular formula is C13H23N5O. The van der Waals surface area contributed by atoms with Gasteiger partial charge in [-0.1, -0.05) is 13.3 Å². The number of amides is 1. The average Bonchev–Trinajstić information content (AvgIpc) is 2.85. The number of nitrogens with one attached hydrogen (secondary N) is 1. The molecule has 0 aromatic carbocycles. The van der Waals surface area contributed by atoms with Gasteiger partial charge < -0.3 is 16.0 Å². The summed E-state index contributed by atoms with van der Waals surface area (Å²) in [6, 6.07) is 0.210. The standard InChI is InChI=1S/C13H23N5O/c1-4-5-11-12(14)13(17(3)16-11)18-7-6-10(8-18)15-9(2)19/h10H,4-8,14H2,1-3H3,(H,15,19). The van der Waals surface area contributed by atoms with Crippen molar-refractivity contribution in [1.82, 2.24) is 15.1 Å². The van der Waals surface area contributed by atoms with E-state index in [4.69, 9.17) is 5.73 Å². The van der Waals surface area contributed by atoms with E-state index in [1.165, 1.54) is 0 Å². The van der Waals surface area contributed by atoms with Gasteiger partial charge in [0.15, 0.2) is 0 Å². The summed E-state index contributed by atoms with van der Waals surface area (Å²) in [5, 5.41) is 7.45. The summed E-state index contributed by atoms with van der Waals surface area (Å²) < 4.78 is 1.86. The number of hydrogen-bond donors (Lipinski definition) is 2. The van der Waals surface area contributed by atoms with E-state index in [1.807, 2.05) is 11.7 Å². The second-order valence-electron chi connectivity index (χ2n) is 5.19. The minimum atomic E-state index is 0.0245. The lowest BCUT2D eigenvalue weighted by molar-refractivity contribution is -0.119. The van der Waals surface area contributed by atoms with Crippen LogP contribution in [-0.2, 0) is 18.3 Å². The summed E-state index contributed by atoms with van der Waals surface area (Å²) in [5.74, 6) is 1.01. The van der Waals surface area contributed by atoms with E-state index in [1.54, 1.807) is 6.92 Å². The molecule has 0 radical (unpaired) electrons. The highest BCUT2D eigenvalue weighted by Crippen LogP contribution is 2.29. The number of aryl methyl sites for hydroxylation is 2. The van der Waals surface area contributed by atoms with Crippen molar-refractivity contribution in [3.8, 4) is 0 Å². The normalized spacial score (nSPS) is 18.9. The van der Waals surface area contributed by atoms with Crippen molar-refractivity contribution in [2.45, 2.75) is 39.2 Å². The molecule has 2 rings (SSSR count). The molecule has 3 N–H and O–H groups in total. The molecule has 19 heavy (non-hydrogen) atoms. The van der Waals surface area contributed by atoms with Crippen LogP contribution in [0.5, 0.6) is 0 Å². The number of nitrogens with zero attached hydrogens (tertiary/aromatic N) is 3. The van der Waals surface area contributed by atoms with Gasteiger partial charge in [-0.15, -0.1) is 0 Å². The molecule has 6 nitrogen and oxygen atoms in total. The van der Waals surface area contributed by atoms with Crippen molar-refractivity contribution in [1.29, 1.82) is 0 Å². The number of nitrogens with two attached hydrogens (primary N) is 1. The zero-order valence-electron chi connectivity index (χ0n) is 11.9. The highest BCUT2D eigenvalue weighted by molar-refractivity contribution is 5.73. The third kappa shape index (κ3) is 2.83. The van der Waals surface area contributed by atoms with Crippen molar-refractivity contribution in [2.75, 3.05) is 23.7 Å². The van der Waals surface area contributed by atoms with Crippen molar-refractivity contribution in [3.63, 3.8) is 0 Å². The molecule has 1 fully saturated rings. The van der Waals surface area contributed by atoms with E-state index in [-0.39, 0.29) is 11.9 Å². The lowest BCUT2D eigenvalue weighted by Gasteiger charge is -2.19. The van der Waals surface area contributed by atoms with E-state index in [2.05, 4.69) is 22.2 Å². The number of carbonyl (C=O) groups is 1. The first-order valence-corrected chi connectivity index (χ1v) is 6.86. The van der Waals surface area contributed by atoms with Crippen LogP contribution in [0, 0.1) is 0 Å². The highest BCUT2D eigenvalue weighted by atomic mass is 16.1. The fourth-order valence-electron chi connectivity index (χ4n) is 2.74. The smallest absolute Gasteiger partial charge is 0.217 e. The van der Waals surface area contributed by atoms with Crippen molar-refractivity contribution in [3.05, 3.63) is 5.69 Å². The van der Waals surface area contributed by atoms with Crippen LogP contribution >= 0.6 is 0 Å². The first-order chi connectivity index (χ1) is 9.02. The summed E-state index contributed by atoms with van der Waals surface area (Å²) in [4.78, 5) is 13.3. The maximum atomic E-state index is 11.1. The summed E-state index contributed by atoms with van der Waals surface area (Å²) in [6.45, 7) is 5.38. The molecule has 6 heteroatoms. The van der Waals surface area contributed by atoms with Crippen molar-refractivity contribution >= 4 is 17.4 Å². The van der Waals surface area contributed by atoms with Gasteiger partial charge in [0.05, 0.1) is 11.4 Å². The molecule has 1 aliphatic rings. The minimum Gasteiger partial charge on any atom is -0.394 e. The minimum absolute atomic E-state index is 0.0245. The maximum Gasteiger partial charge on any atom is 0.217 e. The second-order valence-corrected chi connectivity index (χ2v) is 5.19. The third-order valence-corrected chi connectivity index (χ3v) is 3.51. The predicted octanol–water partition coefficient (Wildman–Crippen LogP) is 0.670. The van der Waals surface area contributed by atoms with Crippen molar-refractivity contribution in [2.24, 2.45) is 7.05 Å². The van der Waals surface area contributed by atoms with Crippen LogP contribution < -0.4 is 16.0 Å². The van der Waals surface area contributed by atoms with Crippen LogP contribution in [0.3, 0.4) is 0 Å². The molecule has 1 aromatic rings. The van der Waals surface area contributed by atoms with Crippen LogP contribution in [0.4, 0.5) is 11.5 Å². The largest absolute Gasteiger partial charge is 0.394 e. The van der Waals surface area contributed by atoms with E-state index >= 15 is 0 Å². The van der Waals surface area contributed by atoms with Gasteiger partial charge >= 0.3 is 0 Å².